The van der Waals surface area contributed by atoms with E-state index in [-0.39, 0.29) is 35.8 Å². The fourth-order valence-corrected chi connectivity index (χ4v) is 5.02. The summed E-state index contributed by atoms with van der Waals surface area (Å²) in [5.74, 6) is 0.585. The summed E-state index contributed by atoms with van der Waals surface area (Å²) in [5.41, 5.74) is 7.99. The summed E-state index contributed by atoms with van der Waals surface area (Å²) in [5, 5.41) is 4.23. The molecule has 0 unspecified atom stereocenters. The van der Waals surface area contributed by atoms with Crippen LogP contribution in [0.2, 0.25) is 0 Å². The molecule has 1 aliphatic rings. The van der Waals surface area contributed by atoms with E-state index in [0.29, 0.717) is 18.0 Å². The van der Waals surface area contributed by atoms with Gasteiger partial charge in [0.15, 0.2) is 0 Å². The first-order valence-electron chi connectivity index (χ1n) is 8.99. The van der Waals surface area contributed by atoms with Crippen molar-refractivity contribution in [3.63, 3.8) is 0 Å². The van der Waals surface area contributed by atoms with Gasteiger partial charge in [0.2, 0.25) is 10.0 Å². The van der Waals surface area contributed by atoms with Gasteiger partial charge in [-0.25, -0.2) is 13.1 Å². The van der Waals surface area contributed by atoms with E-state index in [0.717, 1.165) is 5.56 Å². The number of aromatic nitrogens is 2. The van der Waals surface area contributed by atoms with Crippen LogP contribution < -0.4 is 10.5 Å². The molecule has 2 heterocycles. The molecule has 1 aliphatic heterocycles. The maximum Gasteiger partial charge on any atom is 0.246 e. The molecule has 9 heteroatoms. The van der Waals surface area contributed by atoms with E-state index in [1.807, 2.05) is 48.5 Å². The number of sulfonamides is 1. The van der Waals surface area contributed by atoms with Crippen molar-refractivity contribution in [2.45, 2.75) is 16.9 Å². The molecule has 0 amide bonds. The van der Waals surface area contributed by atoms with Gasteiger partial charge in [0.05, 0.1) is 19.5 Å². The van der Waals surface area contributed by atoms with Crippen molar-refractivity contribution in [2.24, 2.45) is 5.73 Å². The molecular weight excluding hydrogens is 412 g/mol. The minimum atomic E-state index is -3.69. The van der Waals surface area contributed by atoms with Crippen LogP contribution in [-0.4, -0.2) is 48.7 Å². The van der Waals surface area contributed by atoms with Crippen LogP contribution in [-0.2, 0) is 10.0 Å². The van der Waals surface area contributed by atoms with Gasteiger partial charge in [-0.2, -0.15) is 9.40 Å². The van der Waals surface area contributed by atoms with Crippen molar-refractivity contribution in [3.05, 3.63) is 72.6 Å². The Morgan fingerprint density at radius 1 is 1.07 bits per heavy atom. The average Bonchev–Trinajstić information content (AvgIpc) is 3.36. The Bertz CT molecular complexity index is 1070. The predicted octanol–water partition coefficient (Wildman–Crippen LogP) is 2.42. The Kier molecular flexibility index (Phi) is 6.28. The summed E-state index contributed by atoms with van der Waals surface area (Å²) in [6, 6.07) is 16.9. The van der Waals surface area contributed by atoms with E-state index in [4.69, 9.17) is 10.5 Å². The SMILES string of the molecule is COc1ccccc1-n1cc(S(=O)(=O)N2C[C@@H](N)[C@H](c3ccccc3)C2)cn1.Cl. The molecule has 0 radical (unpaired) electrons. The summed E-state index contributed by atoms with van der Waals surface area (Å²) in [7, 11) is -2.13. The van der Waals surface area contributed by atoms with E-state index >= 15 is 0 Å². The number of rotatable bonds is 5. The number of halogens is 1. The van der Waals surface area contributed by atoms with Crippen molar-refractivity contribution in [3.8, 4) is 11.4 Å². The largest absolute Gasteiger partial charge is 0.494 e. The molecule has 7 nitrogen and oxygen atoms in total. The Labute approximate surface area is 176 Å². The quantitative estimate of drug-likeness (QED) is 0.666. The Balaban J connectivity index is 0.00000240. The highest BCUT2D eigenvalue weighted by Crippen LogP contribution is 2.31. The third-order valence-corrected chi connectivity index (χ3v) is 6.87. The maximum atomic E-state index is 13.1. The molecule has 0 spiro atoms. The zero-order valence-corrected chi connectivity index (χ0v) is 17.5. The van der Waals surface area contributed by atoms with Gasteiger partial charge in [0.25, 0.3) is 0 Å². The van der Waals surface area contributed by atoms with Crippen molar-refractivity contribution < 1.29 is 13.2 Å². The van der Waals surface area contributed by atoms with Gasteiger partial charge in [0, 0.05) is 25.0 Å². The lowest BCUT2D eigenvalue weighted by Gasteiger charge is -2.15. The van der Waals surface area contributed by atoms with Crippen molar-refractivity contribution >= 4 is 22.4 Å². The zero-order valence-electron chi connectivity index (χ0n) is 15.9. The third kappa shape index (κ3) is 4.02. The molecular formula is C20H23ClN4O3S. The highest BCUT2D eigenvalue weighted by atomic mass is 35.5. The van der Waals surface area contributed by atoms with E-state index in [2.05, 4.69) is 5.10 Å². The monoisotopic (exact) mass is 434 g/mol. The molecule has 0 aliphatic carbocycles. The minimum absolute atomic E-state index is 0. The molecule has 2 aromatic carbocycles. The van der Waals surface area contributed by atoms with Gasteiger partial charge >= 0.3 is 0 Å². The van der Waals surface area contributed by atoms with Gasteiger partial charge < -0.3 is 10.5 Å². The van der Waals surface area contributed by atoms with Crippen molar-refractivity contribution in [2.75, 3.05) is 20.2 Å². The lowest BCUT2D eigenvalue weighted by atomic mass is 9.95. The first-order valence-corrected chi connectivity index (χ1v) is 10.4. The molecule has 2 atom stereocenters. The minimum Gasteiger partial charge on any atom is -0.494 e. The molecule has 0 saturated carbocycles. The summed E-state index contributed by atoms with van der Waals surface area (Å²) >= 11 is 0. The van der Waals surface area contributed by atoms with E-state index in [1.165, 1.54) is 21.4 Å². The summed E-state index contributed by atoms with van der Waals surface area (Å²) in [4.78, 5) is 0.138. The van der Waals surface area contributed by atoms with E-state index < -0.39 is 10.0 Å². The smallest absolute Gasteiger partial charge is 0.246 e. The zero-order chi connectivity index (χ0) is 19.7. The molecule has 2 N–H and O–H groups in total. The summed E-state index contributed by atoms with van der Waals surface area (Å²) < 4.78 is 34.6. The topological polar surface area (TPSA) is 90.5 Å². The molecule has 154 valence electrons. The molecule has 1 saturated heterocycles. The molecule has 1 fully saturated rings. The van der Waals surface area contributed by atoms with E-state index in [9.17, 15) is 8.42 Å². The van der Waals surface area contributed by atoms with Crippen molar-refractivity contribution in [1.82, 2.24) is 14.1 Å². The number of hydrogen-bond acceptors (Lipinski definition) is 5. The number of methoxy groups -OCH3 is 1. The van der Waals surface area contributed by atoms with Gasteiger partial charge in [-0.1, -0.05) is 42.5 Å². The van der Waals surface area contributed by atoms with Gasteiger partial charge in [0.1, 0.15) is 16.3 Å². The van der Waals surface area contributed by atoms with Gasteiger partial charge in [-0.3, -0.25) is 0 Å². The van der Waals surface area contributed by atoms with Crippen LogP contribution in [0.3, 0.4) is 0 Å². The number of benzene rings is 2. The summed E-state index contributed by atoms with van der Waals surface area (Å²) in [6.07, 6.45) is 2.87. The number of nitrogens with zero attached hydrogens (tertiary/aromatic N) is 3. The molecule has 4 rings (SSSR count). The maximum absolute atomic E-state index is 13.1. The standard InChI is InChI=1S/C20H22N4O3S.ClH/c1-27-20-10-6-5-9-19(20)24-12-16(11-22-24)28(25,26)23-13-17(18(21)14-23)15-7-3-2-4-8-15;/h2-12,17-18H,13-14,21H2,1H3;1H/t17-,18+;/m0./s1. The molecule has 1 aromatic heterocycles. The van der Waals surface area contributed by atoms with Crippen LogP contribution in [0.25, 0.3) is 5.69 Å². The van der Waals surface area contributed by atoms with E-state index in [1.54, 1.807) is 13.2 Å². The van der Waals surface area contributed by atoms with Crippen LogP contribution in [0.1, 0.15) is 11.5 Å². The number of para-hydroxylation sites is 2. The lowest BCUT2D eigenvalue weighted by Crippen LogP contribution is -2.32. The summed E-state index contributed by atoms with van der Waals surface area (Å²) in [6.45, 7) is 0.634. The third-order valence-electron chi connectivity index (χ3n) is 5.09. The average molecular weight is 435 g/mol. The molecule has 3 aromatic rings. The van der Waals surface area contributed by atoms with Crippen LogP contribution in [0.5, 0.6) is 5.75 Å². The molecule has 29 heavy (non-hydrogen) atoms. The predicted molar refractivity (Wildman–Crippen MR) is 113 cm³/mol. The first kappa shape index (κ1) is 21.3. The molecule has 0 bridgehead atoms. The van der Waals surface area contributed by atoms with Crippen LogP contribution >= 0.6 is 12.4 Å². The second-order valence-corrected chi connectivity index (χ2v) is 8.73. The fraction of sp³-hybridized carbons (Fsp3) is 0.250. The van der Waals surface area contributed by atoms with Crippen LogP contribution in [0.15, 0.2) is 71.9 Å². The second kappa shape index (κ2) is 8.54. The number of hydrogen-bond donors (Lipinski definition) is 1. The number of ether oxygens (including phenoxy) is 1. The Morgan fingerprint density at radius 3 is 2.48 bits per heavy atom. The number of nitrogens with two attached hydrogens (primary N) is 1. The fourth-order valence-electron chi connectivity index (χ4n) is 3.58. The van der Waals surface area contributed by atoms with Crippen LogP contribution in [0, 0.1) is 0 Å². The normalized spacial score (nSPS) is 19.7. The van der Waals surface area contributed by atoms with Gasteiger partial charge in [-0.15, -0.1) is 12.4 Å². The van der Waals surface area contributed by atoms with Crippen LogP contribution in [0.4, 0.5) is 0 Å². The second-order valence-electron chi connectivity index (χ2n) is 6.80. The Morgan fingerprint density at radius 2 is 1.76 bits per heavy atom. The van der Waals surface area contributed by atoms with Gasteiger partial charge in [-0.05, 0) is 17.7 Å². The lowest BCUT2D eigenvalue weighted by molar-refractivity contribution is 0.411. The Hall–Kier alpha value is -2.39. The highest BCUT2D eigenvalue weighted by molar-refractivity contribution is 7.89. The highest BCUT2D eigenvalue weighted by Gasteiger charge is 2.38. The first-order chi connectivity index (χ1) is 13.5. The van der Waals surface area contributed by atoms with Crippen molar-refractivity contribution in [1.29, 1.82) is 0 Å².